The van der Waals surface area contributed by atoms with Crippen LogP contribution in [0.25, 0.3) is 0 Å². The Morgan fingerprint density at radius 2 is 2.18 bits per heavy atom. The van der Waals surface area contributed by atoms with Crippen LogP contribution in [0.3, 0.4) is 0 Å². The number of hydrogen-bond donors (Lipinski definition) is 1. The Kier molecular flexibility index (Phi) is 5.13. The van der Waals surface area contributed by atoms with Crippen LogP contribution in [0.1, 0.15) is 24.2 Å². The molecule has 1 aromatic rings. The van der Waals surface area contributed by atoms with E-state index >= 15 is 0 Å². The second kappa shape index (κ2) is 6.62. The summed E-state index contributed by atoms with van der Waals surface area (Å²) in [6.07, 6.45) is 3.11. The lowest BCUT2D eigenvalue weighted by molar-refractivity contribution is -0.121. The lowest BCUT2D eigenvalue weighted by Gasteiger charge is -2.19. The van der Waals surface area contributed by atoms with Gasteiger partial charge in [-0.2, -0.15) is 0 Å². The van der Waals surface area contributed by atoms with Crippen LogP contribution in [0.15, 0.2) is 24.5 Å². The van der Waals surface area contributed by atoms with Crippen molar-refractivity contribution in [3.05, 3.63) is 30.1 Å². The Morgan fingerprint density at radius 1 is 1.41 bits per heavy atom. The van der Waals surface area contributed by atoms with Gasteiger partial charge in [0.15, 0.2) is 0 Å². The van der Waals surface area contributed by atoms with Crippen LogP contribution < -0.4 is 5.32 Å². The molecule has 0 radical (unpaired) electrons. The minimum Gasteiger partial charge on any atom is -0.355 e. The van der Waals surface area contributed by atoms with E-state index in [0.29, 0.717) is 18.7 Å². The van der Waals surface area contributed by atoms with Crippen LogP contribution in [-0.4, -0.2) is 41.3 Å². The van der Waals surface area contributed by atoms with Crippen LogP contribution in [0.4, 0.5) is 0 Å². The number of nitrogens with one attached hydrogen (secondary N) is 1. The number of aromatic nitrogens is 1. The van der Waals surface area contributed by atoms with E-state index in [-0.39, 0.29) is 18.4 Å². The van der Waals surface area contributed by atoms with Gasteiger partial charge in [-0.3, -0.25) is 14.6 Å². The summed E-state index contributed by atoms with van der Waals surface area (Å²) in [6.45, 7) is 4.82. The lowest BCUT2D eigenvalue weighted by atomic mass is 10.2. The smallest absolute Gasteiger partial charge is 0.255 e. The van der Waals surface area contributed by atoms with Crippen LogP contribution in [-0.2, 0) is 4.79 Å². The first kappa shape index (κ1) is 13.2. The summed E-state index contributed by atoms with van der Waals surface area (Å²) in [6, 6.07) is 3.39. The number of pyridine rings is 1. The van der Waals surface area contributed by atoms with Gasteiger partial charge in [-0.1, -0.05) is 0 Å². The molecule has 0 fully saturated rings. The highest BCUT2D eigenvalue weighted by atomic mass is 16.2. The maximum atomic E-state index is 12.0. The molecule has 92 valence electrons. The number of carbonyl (C=O) groups excluding carboxylic acids is 2. The van der Waals surface area contributed by atoms with Crippen LogP contribution >= 0.6 is 0 Å². The summed E-state index contributed by atoms with van der Waals surface area (Å²) >= 11 is 0. The molecular formula is C12H17N3O2. The van der Waals surface area contributed by atoms with Crippen molar-refractivity contribution in [2.45, 2.75) is 13.8 Å². The molecule has 1 rings (SSSR count). The largest absolute Gasteiger partial charge is 0.355 e. The molecular weight excluding hydrogens is 218 g/mol. The van der Waals surface area contributed by atoms with Gasteiger partial charge in [-0.05, 0) is 26.0 Å². The molecule has 1 heterocycles. The predicted molar refractivity (Wildman–Crippen MR) is 64.5 cm³/mol. The van der Waals surface area contributed by atoms with Crippen molar-refractivity contribution in [3.8, 4) is 0 Å². The molecule has 1 N–H and O–H groups in total. The fraction of sp³-hybridized carbons (Fsp3) is 0.417. The van der Waals surface area contributed by atoms with Crippen LogP contribution in [0.2, 0.25) is 0 Å². The molecule has 0 aliphatic heterocycles. The maximum Gasteiger partial charge on any atom is 0.255 e. The van der Waals surface area contributed by atoms with Gasteiger partial charge < -0.3 is 10.2 Å². The minimum atomic E-state index is -0.174. The quantitative estimate of drug-likeness (QED) is 0.816. The molecule has 0 aliphatic carbocycles. The third-order valence-electron chi connectivity index (χ3n) is 2.29. The third-order valence-corrected chi connectivity index (χ3v) is 2.29. The van der Waals surface area contributed by atoms with Crippen molar-refractivity contribution in [2.75, 3.05) is 19.6 Å². The molecule has 17 heavy (non-hydrogen) atoms. The molecule has 1 aromatic heterocycles. The van der Waals surface area contributed by atoms with Gasteiger partial charge in [0.05, 0.1) is 12.1 Å². The number of likely N-dealkylation sites (N-methyl/N-ethyl adjacent to an activating group) is 2. The summed E-state index contributed by atoms with van der Waals surface area (Å²) in [5.41, 5.74) is 0.499. The molecule has 0 aliphatic rings. The average molecular weight is 235 g/mol. The molecule has 0 unspecified atom stereocenters. The molecule has 2 amide bonds. The topological polar surface area (TPSA) is 62.3 Å². The molecule has 0 spiro atoms. The fourth-order valence-corrected chi connectivity index (χ4v) is 1.43. The number of hydrogen-bond acceptors (Lipinski definition) is 3. The van der Waals surface area contributed by atoms with Gasteiger partial charge in [-0.15, -0.1) is 0 Å². The first-order valence-electron chi connectivity index (χ1n) is 5.65. The SMILES string of the molecule is CCNC(=O)CN(CC)C(=O)c1cccnc1. The van der Waals surface area contributed by atoms with Gasteiger partial charge >= 0.3 is 0 Å². The van der Waals surface area contributed by atoms with Crippen molar-refractivity contribution in [2.24, 2.45) is 0 Å². The molecule has 0 saturated heterocycles. The van der Waals surface area contributed by atoms with E-state index in [0.717, 1.165) is 0 Å². The Balaban J connectivity index is 2.68. The van der Waals surface area contributed by atoms with Gasteiger partial charge in [0.25, 0.3) is 5.91 Å². The van der Waals surface area contributed by atoms with Crippen molar-refractivity contribution in [3.63, 3.8) is 0 Å². The Morgan fingerprint density at radius 3 is 2.71 bits per heavy atom. The van der Waals surface area contributed by atoms with E-state index in [4.69, 9.17) is 0 Å². The molecule has 5 nitrogen and oxygen atoms in total. The van der Waals surface area contributed by atoms with Crippen LogP contribution in [0.5, 0.6) is 0 Å². The summed E-state index contributed by atoms with van der Waals surface area (Å²) in [5, 5.41) is 2.67. The first-order chi connectivity index (χ1) is 8.19. The molecule has 5 heteroatoms. The Bertz CT molecular complexity index is 379. The number of carbonyl (C=O) groups is 2. The highest BCUT2D eigenvalue weighted by Crippen LogP contribution is 2.02. The van der Waals surface area contributed by atoms with Crippen molar-refractivity contribution in [1.29, 1.82) is 0 Å². The van der Waals surface area contributed by atoms with E-state index < -0.39 is 0 Å². The van der Waals surface area contributed by atoms with Gasteiger partial charge in [0, 0.05) is 25.5 Å². The van der Waals surface area contributed by atoms with E-state index in [1.807, 2.05) is 13.8 Å². The Labute approximate surface area is 101 Å². The number of rotatable bonds is 5. The average Bonchev–Trinajstić information content (AvgIpc) is 2.36. The number of amides is 2. The lowest BCUT2D eigenvalue weighted by Crippen LogP contribution is -2.40. The molecule has 0 saturated carbocycles. The minimum absolute atomic E-state index is 0.0814. The van der Waals surface area contributed by atoms with Crippen molar-refractivity contribution >= 4 is 11.8 Å². The van der Waals surface area contributed by atoms with Crippen molar-refractivity contribution < 1.29 is 9.59 Å². The maximum absolute atomic E-state index is 12.0. The zero-order chi connectivity index (χ0) is 12.7. The second-order valence-corrected chi connectivity index (χ2v) is 3.51. The third kappa shape index (κ3) is 3.86. The summed E-state index contributed by atoms with van der Waals surface area (Å²) in [7, 11) is 0. The molecule has 0 bridgehead atoms. The molecule has 0 atom stereocenters. The van der Waals surface area contributed by atoms with E-state index in [1.165, 1.54) is 11.1 Å². The van der Waals surface area contributed by atoms with E-state index in [2.05, 4.69) is 10.3 Å². The van der Waals surface area contributed by atoms with Crippen molar-refractivity contribution in [1.82, 2.24) is 15.2 Å². The standard InChI is InChI=1S/C12H17N3O2/c1-3-14-11(16)9-15(4-2)12(17)10-6-5-7-13-8-10/h5-8H,3-4,9H2,1-2H3,(H,14,16). The second-order valence-electron chi connectivity index (χ2n) is 3.51. The van der Waals surface area contributed by atoms with E-state index in [9.17, 15) is 9.59 Å². The summed E-state index contributed by atoms with van der Waals surface area (Å²) in [4.78, 5) is 28.8. The van der Waals surface area contributed by atoms with Gasteiger partial charge in [-0.25, -0.2) is 0 Å². The normalized spacial score (nSPS) is 9.76. The van der Waals surface area contributed by atoms with E-state index in [1.54, 1.807) is 18.3 Å². The fourth-order valence-electron chi connectivity index (χ4n) is 1.43. The van der Waals surface area contributed by atoms with Gasteiger partial charge in [0.2, 0.25) is 5.91 Å². The van der Waals surface area contributed by atoms with Gasteiger partial charge in [0.1, 0.15) is 0 Å². The monoisotopic (exact) mass is 235 g/mol. The molecule has 0 aromatic carbocycles. The summed E-state index contributed by atoms with van der Waals surface area (Å²) in [5.74, 6) is -0.321. The zero-order valence-corrected chi connectivity index (χ0v) is 10.1. The highest BCUT2D eigenvalue weighted by Gasteiger charge is 2.16. The first-order valence-corrected chi connectivity index (χ1v) is 5.65. The highest BCUT2D eigenvalue weighted by molar-refractivity contribution is 5.96. The van der Waals surface area contributed by atoms with Crippen LogP contribution in [0, 0.1) is 0 Å². The Hall–Kier alpha value is -1.91. The summed E-state index contributed by atoms with van der Waals surface area (Å²) < 4.78 is 0. The number of nitrogens with zero attached hydrogens (tertiary/aromatic N) is 2. The zero-order valence-electron chi connectivity index (χ0n) is 10.1. The predicted octanol–water partition coefficient (Wildman–Crippen LogP) is 0.680.